The van der Waals surface area contributed by atoms with Gasteiger partial charge in [0.05, 0.1) is 35.3 Å². The molecule has 0 saturated heterocycles. The summed E-state index contributed by atoms with van der Waals surface area (Å²) in [5, 5.41) is 0.565. The molecule has 0 N–H and O–H groups in total. The molecular formula is C34H41N5O5. The summed E-state index contributed by atoms with van der Waals surface area (Å²) in [5.41, 5.74) is 4.52. The van der Waals surface area contributed by atoms with Gasteiger partial charge in [-0.05, 0) is 70.0 Å². The average Bonchev–Trinajstić information content (AvgIpc) is 3.51. The summed E-state index contributed by atoms with van der Waals surface area (Å²) in [6.45, 7) is 11.7. The van der Waals surface area contributed by atoms with Gasteiger partial charge in [-0.2, -0.15) is 0 Å². The van der Waals surface area contributed by atoms with Crippen LogP contribution < -0.4 is 15.4 Å². The van der Waals surface area contributed by atoms with Crippen molar-refractivity contribution in [2.75, 3.05) is 37.0 Å². The number of methoxy groups -OCH3 is 1. The van der Waals surface area contributed by atoms with Crippen molar-refractivity contribution in [3.05, 3.63) is 87.8 Å². The quantitative estimate of drug-likeness (QED) is 0.235. The first kappa shape index (κ1) is 31.2. The van der Waals surface area contributed by atoms with Crippen LogP contribution in [0.4, 0.5) is 11.4 Å². The molecule has 0 radical (unpaired) electrons. The molecule has 1 aromatic carbocycles. The summed E-state index contributed by atoms with van der Waals surface area (Å²) in [6, 6.07) is 11.6. The first-order valence-electron chi connectivity index (χ1n) is 15.0. The van der Waals surface area contributed by atoms with Gasteiger partial charge in [-0.1, -0.05) is 12.1 Å². The molecule has 0 spiro atoms. The molecule has 1 aliphatic rings. The number of furan rings is 1. The topological polar surface area (TPSA) is 101 Å². The van der Waals surface area contributed by atoms with Gasteiger partial charge >= 0.3 is 0 Å². The Hall–Kier alpha value is -4.28. The maximum atomic E-state index is 13.4. The fraction of sp³-hybridized carbons (Fsp3) is 0.412. The minimum absolute atomic E-state index is 0.0749. The lowest BCUT2D eigenvalue weighted by Crippen LogP contribution is -2.47. The molecule has 4 heterocycles. The van der Waals surface area contributed by atoms with Gasteiger partial charge in [-0.3, -0.25) is 24.3 Å². The second-order valence-electron chi connectivity index (χ2n) is 12.0. The normalized spacial score (nSPS) is 15.6. The smallest absolute Gasteiger partial charge is 0.261 e. The summed E-state index contributed by atoms with van der Waals surface area (Å²) >= 11 is 0. The van der Waals surface area contributed by atoms with Crippen molar-refractivity contribution in [1.29, 1.82) is 0 Å². The van der Waals surface area contributed by atoms with Gasteiger partial charge in [-0.15, -0.1) is 0 Å². The van der Waals surface area contributed by atoms with Crippen molar-refractivity contribution in [3.8, 4) is 0 Å². The van der Waals surface area contributed by atoms with Crippen LogP contribution in [-0.2, 0) is 34.0 Å². The van der Waals surface area contributed by atoms with Gasteiger partial charge in [0, 0.05) is 64.3 Å². The van der Waals surface area contributed by atoms with E-state index >= 15 is 0 Å². The zero-order chi connectivity index (χ0) is 31.8. The Labute approximate surface area is 257 Å². The molecule has 0 aliphatic carbocycles. The first-order valence-corrected chi connectivity index (χ1v) is 15.0. The standard InChI is InChI=1S/C34H41N5O5/c1-8-39-28-12-11-24(18-29(28)36(6)32(41)34(4,5)33(39)42)20-37(23(3)25-10-9-14-35-27(25)21-43-7)15-16-38-19-22(2)30-26(31(38)40)13-17-44-30/h9-14,17-19,23H,8,15-16,20-21H2,1-7H3. The molecule has 44 heavy (non-hydrogen) atoms. The Morgan fingerprint density at radius 2 is 1.86 bits per heavy atom. The maximum absolute atomic E-state index is 13.4. The summed E-state index contributed by atoms with van der Waals surface area (Å²) in [4.78, 5) is 50.2. The second kappa shape index (κ2) is 12.4. The molecule has 1 atom stereocenters. The Morgan fingerprint density at radius 3 is 2.59 bits per heavy atom. The highest BCUT2D eigenvalue weighted by molar-refractivity contribution is 6.19. The van der Waals surface area contributed by atoms with Gasteiger partial charge in [0.15, 0.2) is 0 Å². The SMILES string of the molecule is CCN1C(=O)C(C)(C)C(=O)N(C)c2cc(CN(CCn3cc(C)c4occc4c3=O)C(C)c3cccnc3COC)ccc21. The average molecular weight is 600 g/mol. The van der Waals surface area contributed by atoms with Gasteiger partial charge in [-0.25, -0.2) is 0 Å². The van der Waals surface area contributed by atoms with Crippen molar-refractivity contribution in [1.82, 2.24) is 14.5 Å². The van der Waals surface area contributed by atoms with Crippen molar-refractivity contribution in [3.63, 3.8) is 0 Å². The van der Waals surface area contributed by atoms with Crippen molar-refractivity contribution in [2.24, 2.45) is 5.41 Å². The lowest BCUT2D eigenvalue weighted by Gasteiger charge is -2.31. The molecule has 0 bridgehead atoms. The molecule has 10 nitrogen and oxygen atoms in total. The molecule has 2 amide bonds. The van der Waals surface area contributed by atoms with E-state index in [-0.39, 0.29) is 23.4 Å². The van der Waals surface area contributed by atoms with E-state index in [2.05, 4.69) is 22.9 Å². The number of hydrogen-bond donors (Lipinski definition) is 0. The van der Waals surface area contributed by atoms with E-state index in [1.54, 1.807) is 60.9 Å². The highest BCUT2D eigenvalue weighted by Crippen LogP contribution is 2.39. The Morgan fingerprint density at radius 1 is 1.09 bits per heavy atom. The van der Waals surface area contributed by atoms with Crippen LogP contribution in [0.25, 0.3) is 11.0 Å². The van der Waals surface area contributed by atoms with Crippen LogP contribution in [0.5, 0.6) is 0 Å². The van der Waals surface area contributed by atoms with Crippen LogP contribution in [0.1, 0.15) is 56.1 Å². The van der Waals surface area contributed by atoms with Crippen LogP contribution in [0.2, 0.25) is 0 Å². The maximum Gasteiger partial charge on any atom is 0.261 e. The molecule has 232 valence electrons. The first-order chi connectivity index (χ1) is 21.0. The zero-order valence-corrected chi connectivity index (χ0v) is 26.6. The lowest BCUT2D eigenvalue weighted by molar-refractivity contribution is -0.137. The van der Waals surface area contributed by atoms with Crippen molar-refractivity contribution < 1.29 is 18.7 Å². The summed E-state index contributed by atoms with van der Waals surface area (Å²) in [6.07, 6.45) is 5.16. The third-order valence-corrected chi connectivity index (χ3v) is 8.71. The molecule has 5 rings (SSSR count). The van der Waals surface area contributed by atoms with E-state index in [4.69, 9.17) is 9.15 Å². The number of pyridine rings is 2. The monoisotopic (exact) mass is 599 g/mol. The number of rotatable bonds is 10. The number of carbonyl (C=O) groups excluding carboxylic acids is 2. The van der Waals surface area contributed by atoms with E-state index in [0.717, 1.165) is 22.4 Å². The van der Waals surface area contributed by atoms with Gasteiger partial charge in [0.25, 0.3) is 5.56 Å². The number of ether oxygens (including phenoxy) is 1. The number of anilines is 2. The minimum Gasteiger partial charge on any atom is -0.464 e. The zero-order valence-electron chi connectivity index (χ0n) is 26.6. The fourth-order valence-corrected chi connectivity index (χ4v) is 6.17. The van der Waals surface area contributed by atoms with Crippen LogP contribution >= 0.6 is 0 Å². The van der Waals surface area contributed by atoms with E-state index in [9.17, 15) is 14.4 Å². The molecule has 10 heteroatoms. The van der Waals surface area contributed by atoms with Crippen LogP contribution in [0, 0.1) is 12.3 Å². The summed E-state index contributed by atoms with van der Waals surface area (Å²) < 4.78 is 12.7. The van der Waals surface area contributed by atoms with Crippen molar-refractivity contribution >= 4 is 34.2 Å². The van der Waals surface area contributed by atoms with Crippen molar-refractivity contribution in [2.45, 2.75) is 60.4 Å². The van der Waals surface area contributed by atoms with Gasteiger partial charge < -0.3 is 23.5 Å². The third kappa shape index (κ3) is 5.55. The molecule has 0 saturated carbocycles. The van der Waals surface area contributed by atoms with E-state index < -0.39 is 5.41 Å². The summed E-state index contributed by atoms with van der Waals surface area (Å²) in [5.74, 6) is -0.456. The molecule has 4 aromatic rings. The predicted octanol–water partition coefficient (Wildman–Crippen LogP) is 5.06. The Bertz CT molecular complexity index is 1760. The van der Waals surface area contributed by atoms with E-state index in [1.165, 1.54) is 0 Å². The second-order valence-corrected chi connectivity index (χ2v) is 12.0. The number of amides is 2. The summed E-state index contributed by atoms with van der Waals surface area (Å²) in [7, 11) is 3.38. The largest absolute Gasteiger partial charge is 0.464 e. The third-order valence-electron chi connectivity index (χ3n) is 8.71. The van der Waals surface area contributed by atoms with E-state index in [0.29, 0.717) is 55.1 Å². The molecular weight excluding hydrogens is 558 g/mol. The molecule has 1 aliphatic heterocycles. The van der Waals surface area contributed by atoms with E-state index in [1.807, 2.05) is 44.3 Å². The predicted molar refractivity (Wildman–Crippen MR) is 171 cm³/mol. The van der Waals surface area contributed by atoms with Crippen LogP contribution in [-0.4, -0.2) is 53.5 Å². The van der Waals surface area contributed by atoms with Gasteiger partial charge in [0.1, 0.15) is 11.0 Å². The number of benzene rings is 1. The number of carbonyl (C=O) groups is 2. The molecule has 0 fully saturated rings. The number of nitrogens with zero attached hydrogens (tertiary/aromatic N) is 5. The van der Waals surface area contributed by atoms with Gasteiger partial charge in [0.2, 0.25) is 11.8 Å². The number of aryl methyl sites for hydroxylation is 1. The molecule has 1 unspecified atom stereocenters. The number of aromatic nitrogens is 2. The van der Waals surface area contributed by atoms with Crippen LogP contribution in [0.15, 0.2) is 64.3 Å². The fourth-order valence-electron chi connectivity index (χ4n) is 6.17. The minimum atomic E-state index is -1.18. The number of hydrogen-bond acceptors (Lipinski definition) is 7. The highest BCUT2D eigenvalue weighted by atomic mass is 16.5. The lowest BCUT2D eigenvalue weighted by atomic mass is 9.90. The highest BCUT2D eigenvalue weighted by Gasteiger charge is 2.45. The Kier molecular flexibility index (Phi) is 8.76. The Balaban J connectivity index is 1.52. The van der Waals surface area contributed by atoms with Crippen LogP contribution in [0.3, 0.4) is 0 Å². The molecule has 3 aromatic heterocycles. The number of fused-ring (bicyclic) bond motifs is 2.